The van der Waals surface area contributed by atoms with Gasteiger partial charge in [0.15, 0.2) is 5.75 Å². The van der Waals surface area contributed by atoms with Crippen molar-refractivity contribution in [1.29, 1.82) is 0 Å². The topological polar surface area (TPSA) is 114 Å². The normalized spacial score (nSPS) is 18.5. The summed E-state index contributed by atoms with van der Waals surface area (Å²) >= 11 is 0. The average Bonchev–Trinajstić information content (AvgIpc) is 3.18. The summed E-state index contributed by atoms with van der Waals surface area (Å²) in [6, 6.07) is 3.30. The first kappa shape index (κ1) is 19.8. The van der Waals surface area contributed by atoms with E-state index in [1.807, 2.05) is 0 Å². The predicted molar refractivity (Wildman–Crippen MR) is 103 cm³/mol. The lowest BCUT2D eigenvalue weighted by Gasteiger charge is -2.32. The van der Waals surface area contributed by atoms with Crippen LogP contribution in [-0.2, 0) is 6.42 Å². The molecule has 170 valence electrons. The fraction of sp³-hybridized carbons (Fsp3) is 0.350. The smallest absolute Gasteiger partial charge is 0.417 e. The molecule has 1 atom stereocenters. The fourth-order valence-electron chi connectivity index (χ4n) is 4.09. The largest absolute Gasteiger partial charge is 0.573 e. The van der Waals surface area contributed by atoms with Crippen LogP contribution in [0, 0.1) is 0 Å². The third-order valence-corrected chi connectivity index (χ3v) is 5.72. The molecule has 0 saturated heterocycles. The van der Waals surface area contributed by atoms with E-state index in [1.54, 1.807) is 0 Å². The van der Waals surface area contributed by atoms with Crippen LogP contribution in [-0.4, -0.2) is 53.5 Å². The maximum Gasteiger partial charge on any atom is 0.573 e. The number of alkyl halides is 3. The van der Waals surface area contributed by atoms with Gasteiger partial charge in [0, 0.05) is 30.8 Å². The molecule has 0 bridgehead atoms. The first-order valence-electron chi connectivity index (χ1n) is 10.3. The van der Waals surface area contributed by atoms with Gasteiger partial charge in [-0.3, -0.25) is 4.79 Å². The van der Waals surface area contributed by atoms with Crippen LogP contribution in [0.2, 0.25) is 0 Å². The molecule has 10 nitrogen and oxygen atoms in total. The summed E-state index contributed by atoms with van der Waals surface area (Å²) in [6.45, 7) is 0.305. The predicted octanol–water partition coefficient (Wildman–Crippen LogP) is 3.00. The summed E-state index contributed by atoms with van der Waals surface area (Å²) in [7, 11) is 0. The zero-order chi connectivity index (χ0) is 22.7. The highest BCUT2D eigenvalue weighted by atomic mass is 19.4. The second-order valence-corrected chi connectivity index (χ2v) is 7.96. The number of carbonyl (C=O) groups excluding carboxylic acids is 1. The zero-order valence-electron chi connectivity index (χ0n) is 16.9. The molecule has 2 aliphatic rings. The maximum absolute atomic E-state index is 13.3. The van der Waals surface area contributed by atoms with Crippen LogP contribution in [0.15, 0.2) is 35.1 Å². The fourth-order valence-corrected chi connectivity index (χ4v) is 4.09. The molecule has 4 aromatic heterocycles. The highest BCUT2D eigenvalue weighted by Crippen LogP contribution is 2.40. The number of aromatic amines is 1. The van der Waals surface area contributed by atoms with Gasteiger partial charge in [0.2, 0.25) is 5.89 Å². The molecular formula is C20H16F3N7O3. The van der Waals surface area contributed by atoms with Crippen LogP contribution in [0.5, 0.6) is 5.75 Å². The number of ether oxygens (including phenoxy) is 1. The van der Waals surface area contributed by atoms with Crippen LogP contribution >= 0.6 is 0 Å². The van der Waals surface area contributed by atoms with Crippen molar-refractivity contribution in [3.63, 3.8) is 0 Å². The van der Waals surface area contributed by atoms with E-state index in [2.05, 4.69) is 30.0 Å². The zero-order valence-corrected chi connectivity index (χ0v) is 16.9. The van der Waals surface area contributed by atoms with Crippen molar-refractivity contribution in [3.8, 4) is 5.75 Å². The van der Waals surface area contributed by atoms with Crippen LogP contribution in [0.3, 0.4) is 0 Å². The van der Waals surface area contributed by atoms with Gasteiger partial charge >= 0.3 is 18.2 Å². The van der Waals surface area contributed by atoms with E-state index < -0.39 is 24.1 Å². The molecule has 1 aliphatic heterocycles. The van der Waals surface area contributed by atoms with Gasteiger partial charge in [-0.25, -0.2) is 9.50 Å². The number of halogens is 3. The Labute approximate surface area is 183 Å². The van der Waals surface area contributed by atoms with E-state index >= 15 is 0 Å². The number of fused-ring (bicyclic) bond motifs is 2. The molecule has 5 heterocycles. The first-order chi connectivity index (χ1) is 15.9. The number of carbonyl (C=O) groups is 1. The summed E-state index contributed by atoms with van der Waals surface area (Å²) < 4.78 is 49.6. The van der Waals surface area contributed by atoms with Crippen molar-refractivity contribution < 1.29 is 27.1 Å². The Bertz CT molecular complexity index is 1350. The van der Waals surface area contributed by atoms with E-state index in [9.17, 15) is 18.0 Å². The van der Waals surface area contributed by atoms with Crippen molar-refractivity contribution in [2.75, 3.05) is 6.54 Å². The van der Waals surface area contributed by atoms with E-state index in [4.69, 9.17) is 4.42 Å². The molecule has 1 saturated carbocycles. The molecule has 0 spiro atoms. The summed E-state index contributed by atoms with van der Waals surface area (Å²) in [6.07, 6.45) is 0.563. The van der Waals surface area contributed by atoms with Crippen molar-refractivity contribution in [2.24, 2.45) is 0 Å². The monoisotopic (exact) mass is 459 g/mol. The van der Waals surface area contributed by atoms with E-state index in [0.29, 0.717) is 30.2 Å². The highest BCUT2D eigenvalue weighted by molar-refractivity contribution is 5.90. The average molecular weight is 459 g/mol. The molecular weight excluding hydrogens is 443 g/mol. The summed E-state index contributed by atoms with van der Waals surface area (Å²) in [4.78, 5) is 22.2. The van der Waals surface area contributed by atoms with E-state index in [-0.39, 0.29) is 17.3 Å². The lowest BCUT2D eigenvalue weighted by Crippen LogP contribution is -2.41. The van der Waals surface area contributed by atoms with Gasteiger partial charge in [-0.1, -0.05) is 0 Å². The first-order valence-corrected chi connectivity index (χ1v) is 10.3. The molecule has 13 heteroatoms. The summed E-state index contributed by atoms with van der Waals surface area (Å²) in [5.41, 5.74) is 1.81. The SMILES string of the molecule is O=C(c1nnc(C2CC2)o1)N1CCc2[nH]cnc2[C@H]1c1cc2c(OC(F)(F)F)cccn2n1. The number of imidazole rings is 1. The third kappa shape index (κ3) is 3.49. The molecule has 1 N–H and O–H groups in total. The minimum absolute atomic E-state index is 0.105. The number of nitrogens with one attached hydrogen (secondary N) is 1. The van der Waals surface area contributed by atoms with Crippen LogP contribution in [0.4, 0.5) is 13.2 Å². The number of nitrogens with zero attached hydrogens (tertiary/aromatic N) is 6. The van der Waals surface area contributed by atoms with Crippen molar-refractivity contribution in [1.82, 2.24) is 34.7 Å². The van der Waals surface area contributed by atoms with Crippen LogP contribution in [0.1, 0.15) is 58.5 Å². The van der Waals surface area contributed by atoms with Gasteiger partial charge in [-0.05, 0) is 31.0 Å². The van der Waals surface area contributed by atoms with E-state index in [1.165, 1.54) is 40.1 Å². The second-order valence-electron chi connectivity index (χ2n) is 7.96. The quantitative estimate of drug-likeness (QED) is 0.499. The van der Waals surface area contributed by atoms with Crippen LogP contribution < -0.4 is 4.74 Å². The van der Waals surface area contributed by atoms with Gasteiger partial charge in [0.25, 0.3) is 0 Å². The third-order valence-electron chi connectivity index (χ3n) is 5.72. The van der Waals surface area contributed by atoms with Crippen molar-refractivity contribution in [2.45, 2.75) is 37.6 Å². The molecule has 0 radical (unpaired) electrons. The number of pyridine rings is 1. The Morgan fingerprint density at radius 1 is 1.27 bits per heavy atom. The molecule has 0 aromatic carbocycles. The maximum atomic E-state index is 13.3. The molecule has 0 unspecified atom stereocenters. The van der Waals surface area contributed by atoms with Gasteiger partial charge < -0.3 is 19.0 Å². The van der Waals surface area contributed by atoms with Gasteiger partial charge in [0.05, 0.1) is 17.7 Å². The Hall–Kier alpha value is -3.90. The number of rotatable bonds is 4. The molecule has 6 rings (SSSR count). The summed E-state index contributed by atoms with van der Waals surface area (Å²) in [5, 5.41) is 12.3. The summed E-state index contributed by atoms with van der Waals surface area (Å²) in [5.74, 6) is -0.387. The minimum atomic E-state index is -4.86. The Morgan fingerprint density at radius 3 is 2.91 bits per heavy atom. The number of hydrogen-bond acceptors (Lipinski definition) is 7. The molecule has 4 aromatic rings. The Kier molecular flexibility index (Phi) is 4.22. The Morgan fingerprint density at radius 2 is 2.12 bits per heavy atom. The molecule has 1 aliphatic carbocycles. The molecule has 33 heavy (non-hydrogen) atoms. The standard InChI is InChI=1S/C20H16F3N7O3/c21-20(22,23)33-14-2-1-6-30-13(14)8-12(28-30)16-15-11(24-9-25-15)5-7-29(16)19(31)18-27-26-17(32-18)10-3-4-10/h1-2,6,8-10,16H,3-5,7H2,(H,24,25)/t16-/m1/s1. The lowest BCUT2D eigenvalue weighted by atomic mass is 9.99. The number of H-pyrrole nitrogens is 1. The van der Waals surface area contributed by atoms with Gasteiger partial charge in [-0.15, -0.1) is 23.4 Å². The van der Waals surface area contributed by atoms with Gasteiger partial charge in [-0.2, -0.15) is 5.10 Å². The lowest BCUT2D eigenvalue weighted by molar-refractivity contribution is -0.274. The van der Waals surface area contributed by atoms with Gasteiger partial charge in [0.1, 0.15) is 11.6 Å². The number of hydrogen-bond donors (Lipinski definition) is 1. The minimum Gasteiger partial charge on any atom is -0.417 e. The van der Waals surface area contributed by atoms with E-state index in [0.717, 1.165) is 18.5 Å². The van der Waals surface area contributed by atoms with Crippen molar-refractivity contribution >= 4 is 11.4 Å². The van der Waals surface area contributed by atoms with Crippen molar-refractivity contribution in [3.05, 3.63) is 59.6 Å². The number of amides is 1. The molecule has 1 amide bonds. The Balaban J connectivity index is 1.41. The molecule has 1 fully saturated rings. The highest BCUT2D eigenvalue weighted by Gasteiger charge is 2.39. The van der Waals surface area contributed by atoms with Crippen LogP contribution in [0.25, 0.3) is 5.52 Å². The second kappa shape index (κ2) is 7.05. The number of aromatic nitrogens is 6.